The Bertz CT molecular complexity index is 2350. The Kier molecular flexibility index (Phi) is 6.67. The molecule has 2 heterocycles. The van der Waals surface area contributed by atoms with Gasteiger partial charge in [0, 0.05) is 39.1 Å². The highest BCUT2D eigenvalue weighted by Crippen LogP contribution is 2.37. The van der Waals surface area contributed by atoms with Crippen molar-refractivity contribution < 1.29 is 0 Å². The first-order valence-corrected chi connectivity index (χ1v) is 16.8. The fourth-order valence-electron chi connectivity index (χ4n) is 7.83. The van der Waals surface area contributed by atoms with Gasteiger partial charge in [-0.15, -0.1) is 0 Å². The maximum Gasteiger partial charge on any atom is 0.0541 e. The minimum atomic E-state index is 0.231. The molecule has 0 radical (unpaired) electrons. The Morgan fingerprint density at radius 3 is 1.62 bits per heavy atom. The molecular formula is C45H36N2. The molecule has 0 aliphatic heterocycles. The molecule has 0 saturated carbocycles. The summed E-state index contributed by atoms with van der Waals surface area (Å²) < 4.78 is 4.84. The van der Waals surface area contributed by atoms with Gasteiger partial charge in [-0.3, -0.25) is 0 Å². The van der Waals surface area contributed by atoms with Crippen molar-refractivity contribution in [3.63, 3.8) is 0 Å². The average molecular weight is 605 g/mol. The smallest absolute Gasteiger partial charge is 0.0541 e. The molecule has 47 heavy (non-hydrogen) atoms. The zero-order valence-corrected chi connectivity index (χ0v) is 26.6. The molecule has 0 fully saturated rings. The van der Waals surface area contributed by atoms with Crippen LogP contribution in [0.1, 0.15) is 40.8 Å². The van der Waals surface area contributed by atoms with Crippen molar-refractivity contribution in [2.75, 3.05) is 0 Å². The monoisotopic (exact) mass is 604 g/mol. The number of para-hydroxylation sites is 3. The summed E-state index contributed by atoms with van der Waals surface area (Å²) in [6.45, 7) is 2.31. The lowest BCUT2D eigenvalue weighted by molar-refractivity contribution is 0.717. The van der Waals surface area contributed by atoms with Crippen LogP contribution in [0, 0.1) is 5.92 Å². The zero-order valence-electron chi connectivity index (χ0n) is 26.6. The molecule has 0 bridgehead atoms. The largest absolute Gasteiger partial charge is 0.310 e. The van der Waals surface area contributed by atoms with Gasteiger partial charge in [0.1, 0.15) is 0 Å². The summed E-state index contributed by atoms with van der Waals surface area (Å²) >= 11 is 0. The van der Waals surface area contributed by atoms with Gasteiger partial charge in [0.15, 0.2) is 0 Å². The van der Waals surface area contributed by atoms with Crippen molar-refractivity contribution in [3.05, 3.63) is 186 Å². The summed E-state index contributed by atoms with van der Waals surface area (Å²) in [5, 5.41) is 3.94. The summed E-state index contributed by atoms with van der Waals surface area (Å²) in [5.74, 6) is 0.791. The van der Waals surface area contributed by atoms with Gasteiger partial charge in [-0.05, 0) is 89.6 Å². The summed E-state index contributed by atoms with van der Waals surface area (Å²) in [6, 6.07) is 55.8. The van der Waals surface area contributed by atoms with E-state index in [4.69, 9.17) is 0 Å². The number of nitrogens with zero attached hydrogens (tertiary/aromatic N) is 2. The highest BCUT2D eigenvalue weighted by Gasteiger charge is 2.22. The maximum absolute atomic E-state index is 2.45. The van der Waals surface area contributed by atoms with Crippen LogP contribution in [0.3, 0.4) is 0 Å². The maximum atomic E-state index is 2.45. The zero-order chi connectivity index (χ0) is 31.3. The fourth-order valence-corrected chi connectivity index (χ4v) is 7.83. The van der Waals surface area contributed by atoms with E-state index >= 15 is 0 Å². The fraction of sp³-hybridized carbons (Fsp3) is 0.111. The molecule has 2 atom stereocenters. The molecule has 1 aliphatic carbocycles. The lowest BCUT2D eigenvalue weighted by Crippen LogP contribution is -2.07. The van der Waals surface area contributed by atoms with Crippen LogP contribution in [0.4, 0.5) is 0 Å². The Labute approximate surface area is 275 Å². The van der Waals surface area contributed by atoms with E-state index in [0.717, 1.165) is 12.8 Å². The van der Waals surface area contributed by atoms with E-state index in [2.05, 4.69) is 180 Å². The molecule has 0 spiro atoms. The summed E-state index contributed by atoms with van der Waals surface area (Å²) in [7, 11) is 0. The van der Waals surface area contributed by atoms with Crippen molar-refractivity contribution in [3.8, 4) is 11.4 Å². The molecule has 6 aromatic carbocycles. The molecule has 0 amide bonds. The number of allylic oxidation sites excluding steroid dienone is 1. The van der Waals surface area contributed by atoms with Gasteiger partial charge in [0.25, 0.3) is 0 Å². The second-order valence-electron chi connectivity index (χ2n) is 13.1. The Morgan fingerprint density at radius 2 is 1.02 bits per heavy atom. The van der Waals surface area contributed by atoms with Crippen LogP contribution >= 0.6 is 0 Å². The number of fused-ring (bicyclic) bond motifs is 6. The first kappa shape index (κ1) is 27.7. The van der Waals surface area contributed by atoms with Crippen molar-refractivity contribution in [1.82, 2.24) is 9.13 Å². The normalized spacial score (nSPS) is 15.0. The predicted octanol–water partition coefficient (Wildman–Crippen LogP) is 11.3. The molecule has 0 saturated heterocycles. The number of aromatic nitrogens is 2. The van der Waals surface area contributed by atoms with Crippen LogP contribution in [0.2, 0.25) is 0 Å². The molecule has 0 N–H and O–H groups in total. The summed E-state index contributed by atoms with van der Waals surface area (Å²) in [5.41, 5.74) is 12.9. The standard InChI is InChI=1S/C45H36N2/c1-31-19-28-45-41(29-31)39-15-7-10-18-44(39)47(45)36-26-22-34(23-27-36)40(30-32-11-3-2-4-12-32)33-20-24-35(25-21-33)46-42-16-8-5-13-37(42)38-14-6-9-17-43(38)46/h2-28,31,40H,29-30H2,1H3. The third-order valence-electron chi connectivity index (χ3n) is 10.1. The minimum Gasteiger partial charge on any atom is -0.310 e. The highest BCUT2D eigenvalue weighted by molar-refractivity contribution is 6.09. The topological polar surface area (TPSA) is 9.86 Å². The van der Waals surface area contributed by atoms with Gasteiger partial charge in [-0.1, -0.05) is 122 Å². The van der Waals surface area contributed by atoms with Crippen molar-refractivity contribution in [1.29, 1.82) is 0 Å². The van der Waals surface area contributed by atoms with Crippen LogP contribution in [0.15, 0.2) is 158 Å². The highest BCUT2D eigenvalue weighted by atomic mass is 15.0. The predicted molar refractivity (Wildman–Crippen MR) is 198 cm³/mol. The van der Waals surface area contributed by atoms with Gasteiger partial charge in [0.05, 0.1) is 16.6 Å². The average Bonchev–Trinajstić information content (AvgIpc) is 3.64. The number of benzene rings is 6. The van der Waals surface area contributed by atoms with E-state index in [1.165, 1.54) is 72.0 Å². The Hall–Kier alpha value is -5.60. The van der Waals surface area contributed by atoms with Crippen molar-refractivity contribution in [2.45, 2.75) is 25.7 Å². The number of rotatable bonds is 6. The number of hydrogen-bond donors (Lipinski definition) is 0. The molecule has 9 rings (SSSR count). The van der Waals surface area contributed by atoms with Crippen LogP contribution in [0.25, 0.3) is 50.2 Å². The Morgan fingerprint density at radius 1 is 0.532 bits per heavy atom. The van der Waals surface area contributed by atoms with Crippen LogP contribution in [-0.2, 0) is 12.8 Å². The van der Waals surface area contributed by atoms with Gasteiger partial charge in [0.2, 0.25) is 0 Å². The van der Waals surface area contributed by atoms with E-state index in [0.29, 0.717) is 5.92 Å². The van der Waals surface area contributed by atoms with Crippen LogP contribution < -0.4 is 0 Å². The van der Waals surface area contributed by atoms with Crippen molar-refractivity contribution >= 4 is 38.8 Å². The minimum absolute atomic E-state index is 0.231. The quantitative estimate of drug-likeness (QED) is 0.179. The molecule has 2 unspecified atom stereocenters. The van der Waals surface area contributed by atoms with Gasteiger partial charge >= 0.3 is 0 Å². The van der Waals surface area contributed by atoms with E-state index in [1.54, 1.807) is 0 Å². The molecule has 2 aromatic heterocycles. The SMILES string of the molecule is CC1C=Cc2c(c3ccccc3n2-c2ccc(C(Cc3ccccc3)c3ccc(-n4c5ccccc5c5ccccc54)cc3)cc2)C1. The van der Waals surface area contributed by atoms with E-state index in [-0.39, 0.29) is 5.92 Å². The van der Waals surface area contributed by atoms with Gasteiger partial charge in [-0.25, -0.2) is 0 Å². The van der Waals surface area contributed by atoms with Crippen LogP contribution in [-0.4, -0.2) is 9.13 Å². The summed E-state index contributed by atoms with van der Waals surface area (Å²) in [4.78, 5) is 0. The van der Waals surface area contributed by atoms with Gasteiger partial charge in [-0.2, -0.15) is 0 Å². The first-order valence-electron chi connectivity index (χ1n) is 16.8. The number of hydrogen-bond acceptors (Lipinski definition) is 0. The van der Waals surface area contributed by atoms with E-state index < -0.39 is 0 Å². The molecule has 2 nitrogen and oxygen atoms in total. The Balaban J connectivity index is 1.12. The first-order chi connectivity index (χ1) is 23.2. The summed E-state index contributed by atoms with van der Waals surface area (Å²) in [6.07, 6.45) is 6.71. The lowest BCUT2D eigenvalue weighted by atomic mass is 9.85. The molecule has 226 valence electrons. The molecule has 8 aromatic rings. The van der Waals surface area contributed by atoms with Crippen molar-refractivity contribution in [2.24, 2.45) is 5.92 Å². The molecule has 2 heteroatoms. The molecular weight excluding hydrogens is 569 g/mol. The second-order valence-corrected chi connectivity index (χ2v) is 13.1. The molecule has 1 aliphatic rings. The van der Waals surface area contributed by atoms with Crippen LogP contribution in [0.5, 0.6) is 0 Å². The third-order valence-corrected chi connectivity index (χ3v) is 10.1. The van der Waals surface area contributed by atoms with E-state index in [1.807, 2.05) is 0 Å². The van der Waals surface area contributed by atoms with E-state index in [9.17, 15) is 0 Å². The third kappa shape index (κ3) is 4.72. The van der Waals surface area contributed by atoms with Gasteiger partial charge < -0.3 is 9.13 Å². The lowest BCUT2D eigenvalue weighted by Gasteiger charge is -2.20. The second kappa shape index (κ2) is 11.3.